The highest BCUT2D eigenvalue weighted by molar-refractivity contribution is 5.36. The van der Waals surface area contributed by atoms with Crippen LogP contribution >= 0.6 is 0 Å². The summed E-state index contributed by atoms with van der Waals surface area (Å²) in [6, 6.07) is 3.69. The average molecular weight is 233 g/mol. The number of hydrogen-bond donors (Lipinski definition) is 1. The van der Waals surface area contributed by atoms with Gasteiger partial charge in [0.25, 0.3) is 0 Å². The smallest absolute Gasteiger partial charge is 0.218 e. The van der Waals surface area contributed by atoms with Gasteiger partial charge in [0.2, 0.25) is 5.88 Å². The van der Waals surface area contributed by atoms with Crippen molar-refractivity contribution in [3.63, 3.8) is 0 Å². The van der Waals surface area contributed by atoms with Gasteiger partial charge in [0.15, 0.2) is 0 Å². The number of anilines is 1. The molecule has 0 fully saturated rings. The van der Waals surface area contributed by atoms with E-state index in [1.807, 2.05) is 16.9 Å². The lowest BCUT2D eigenvalue weighted by molar-refractivity contribution is 0.397. The summed E-state index contributed by atoms with van der Waals surface area (Å²) in [4.78, 5) is 8.04. The van der Waals surface area contributed by atoms with Crippen molar-refractivity contribution >= 4 is 5.82 Å². The minimum atomic E-state index is 0.564. The van der Waals surface area contributed by atoms with Crippen LogP contribution in [0.5, 0.6) is 5.88 Å². The molecule has 0 atom stereocenters. The number of hydrogen-bond acceptors (Lipinski definition) is 5. The van der Waals surface area contributed by atoms with Gasteiger partial charge in [0.05, 0.1) is 7.11 Å². The van der Waals surface area contributed by atoms with Gasteiger partial charge in [-0.2, -0.15) is 5.10 Å². The first-order valence-corrected chi connectivity index (χ1v) is 5.46. The molecule has 2 rings (SSSR count). The van der Waals surface area contributed by atoms with E-state index in [1.54, 1.807) is 19.4 Å². The van der Waals surface area contributed by atoms with Crippen molar-refractivity contribution in [2.24, 2.45) is 0 Å². The van der Waals surface area contributed by atoms with Gasteiger partial charge in [0, 0.05) is 31.5 Å². The van der Waals surface area contributed by atoms with E-state index in [9.17, 15) is 0 Å². The molecule has 2 heterocycles. The highest BCUT2D eigenvalue weighted by atomic mass is 16.5. The van der Waals surface area contributed by atoms with Crippen molar-refractivity contribution < 1.29 is 4.74 Å². The Morgan fingerprint density at radius 2 is 2.35 bits per heavy atom. The Labute approximate surface area is 99.7 Å². The quantitative estimate of drug-likeness (QED) is 0.759. The maximum atomic E-state index is 5.01. The van der Waals surface area contributed by atoms with E-state index in [0.29, 0.717) is 5.88 Å². The second-order valence-corrected chi connectivity index (χ2v) is 3.50. The summed E-state index contributed by atoms with van der Waals surface area (Å²) < 4.78 is 6.92. The number of ether oxygens (including phenoxy) is 1. The molecule has 0 aliphatic heterocycles. The van der Waals surface area contributed by atoms with E-state index in [0.717, 1.165) is 25.3 Å². The molecule has 0 amide bonds. The largest absolute Gasteiger partial charge is 0.481 e. The molecule has 0 aromatic carbocycles. The molecule has 0 aliphatic carbocycles. The molecule has 0 spiro atoms. The average Bonchev–Trinajstić information content (AvgIpc) is 2.88. The van der Waals surface area contributed by atoms with Crippen molar-refractivity contribution in [2.75, 3.05) is 19.0 Å². The van der Waals surface area contributed by atoms with E-state index in [2.05, 4.69) is 20.4 Å². The zero-order valence-corrected chi connectivity index (χ0v) is 9.71. The van der Waals surface area contributed by atoms with Crippen LogP contribution in [-0.2, 0) is 6.54 Å². The van der Waals surface area contributed by atoms with E-state index in [4.69, 9.17) is 4.74 Å². The van der Waals surface area contributed by atoms with Gasteiger partial charge in [-0.3, -0.25) is 4.68 Å². The Morgan fingerprint density at radius 3 is 3.12 bits per heavy atom. The summed E-state index contributed by atoms with van der Waals surface area (Å²) in [5.74, 6) is 1.34. The molecular formula is C11H15N5O. The zero-order valence-electron chi connectivity index (χ0n) is 9.71. The van der Waals surface area contributed by atoms with Crippen molar-refractivity contribution in [3.05, 3.63) is 30.9 Å². The Hall–Kier alpha value is -2.11. The predicted molar refractivity (Wildman–Crippen MR) is 63.9 cm³/mol. The monoisotopic (exact) mass is 233 g/mol. The fourth-order valence-corrected chi connectivity index (χ4v) is 1.44. The van der Waals surface area contributed by atoms with Gasteiger partial charge >= 0.3 is 0 Å². The van der Waals surface area contributed by atoms with Crippen LogP contribution in [0.1, 0.15) is 6.42 Å². The van der Waals surface area contributed by atoms with Crippen molar-refractivity contribution in [1.29, 1.82) is 0 Å². The van der Waals surface area contributed by atoms with Crippen LogP contribution in [0.25, 0.3) is 0 Å². The highest BCUT2D eigenvalue weighted by Crippen LogP contribution is 2.09. The fraction of sp³-hybridized carbons (Fsp3) is 0.364. The first kappa shape index (κ1) is 11.4. The molecule has 0 unspecified atom stereocenters. The van der Waals surface area contributed by atoms with Crippen LogP contribution < -0.4 is 10.1 Å². The van der Waals surface area contributed by atoms with Crippen LogP contribution in [-0.4, -0.2) is 33.4 Å². The van der Waals surface area contributed by atoms with Gasteiger partial charge in [-0.1, -0.05) is 0 Å². The summed E-state index contributed by atoms with van der Waals surface area (Å²) in [7, 11) is 1.59. The number of aryl methyl sites for hydroxylation is 1. The van der Waals surface area contributed by atoms with Crippen molar-refractivity contribution in [3.8, 4) is 5.88 Å². The van der Waals surface area contributed by atoms with Crippen LogP contribution in [0, 0.1) is 0 Å². The van der Waals surface area contributed by atoms with Gasteiger partial charge in [-0.05, 0) is 12.5 Å². The molecule has 90 valence electrons. The van der Waals surface area contributed by atoms with Crippen LogP contribution in [0.3, 0.4) is 0 Å². The predicted octanol–water partition coefficient (Wildman–Crippen LogP) is 1.18. The molecule has 0 radical (unpaired) electrons. The third-order valence-electron chi connectivity index (χ3n) is 2.28. The van der Waals surface area contributed by atoms with Crippen molar-refractivity contribution in [2.45, 2.75) is 13.0 Å². The minimum Gasteiger partial charge on any atom is -0.481 e. The first-order valence-electron chi connectivity index (χ1n) is 5.46. The molecule has 17 heavy (non-hydrogen) atoms. The molecule has 0 saturated heterocycles. The Balaban J connectivity index is 1.74. The Kier molecular flexibility index (Phi) is 3.90. The molecule has 1 N–H and O–H groups in total. The SMILES string of the molecule is COc1cc(NCCCn2cccn2)ncn1. The number of nitrogens with one attached hydrogen (secondary N) is 1. The molecule has 2 aromatic rings. The van der Waals surface area contributed by atoms with Gasteiger partial charge in [-0.25, -0.2) is 9.97 Å². The molecule has 6 heteroatoms. The maximum absolute atomic E-state index is 5.01. The van der Waals surface area contributed by atoms with E-state index in [-0.39, 0.29) is 0 Å². The number of methoxy groups -OCH3 is 1. The first-order chi connectivity index (χ1) is 8.38. The lowest BCUT2D eigenvalue weighted by Gasteiger charge is -2.06. The molecule has 0 aliphatic rings. The maximum Gasteiger partial charge on any atom is 0.218 e. The van der Waals surface area contributed by atoms with Gasteiger partial charge in [0.1, 0.15) is 12.1 Å². The number of aromatic nitrogens is 4. The Bertz CT molecular complexity index is 443. The lowest BCUT2D eigenvalue weighted by Crippen LogP contribution is -2.08. The second kappa shape index (κ2) is 5.83. The third-order valence-corrected chi connectivity index (χ3v) is 2.28. The van der Waals surface area contributed by atoms with Gasteiger partial charge < -0.3 is 10.1 Å². The molecule has 6 nitrogen and oxygen atoms in total. The summed E-state index contributed by atoms with van der Waals surface area (Å²) in [5, 5.41) is 7.34. The topological polar surface area (TPSA) is 64.9 Å². The van der Waals surface area contributed by atoms with Crippen molar-refractivity contribution in [1.82, 2.24) is 19.7 Å². The second-order valence-electron chi connectivity index (χ2n) is 3.50. The van der Waals surface area contributed by atoms with Crippen LogP contribution in [0.4, 0.5) is 5.82 Å². The number of rotatable bonds is 6. The minimum absolute atomic E-state index is 0.564. The normalized spacial score (nSPS) is 10.2. The Morgan fingerprint density at radius 1 is 1.41 bits per heavy atom. The van der Waals surface area contributed by atoms with Crippen LogP contribution in [0.15, 0.2) is 30.9 Å². The molecule has 2 aromatic heterocycles. The van der Waals surface area contributed by atoms with Crippen LogP contribution in [0.2, 0.25) is 0 Å². The summed E-state index contributed by atoms with van der Waals surface area (Å²) in [6.45, 7) is 1.72. The third kappa shape index (κ3) is 3.44. The molecule has 0 bridgehead atoms. The van der Waals surface area contributed by atoms with Gasteiger partial charge in [-0.15, -0.1) is 0 Å². The summed E-state index contributed by atoms with van der Waals surface area (Å²) in [5.41, 5.74) is 0. The highest BCUT2D eigenvalue weighted by Gasteiger charge is 1.97. The van der Waals surface area contributed by atoms with E-state index < -0.39 is 0 Å². The molecular weight excluding hydrogens is 218 g/mol. The molecule has 0 saturated carbocycles. The van der Waals surface area contributed by atoms with E-state index in [1.165, 1.54) is 6.33 Å². The zero-order chi connectivity index (χ0) is 11.9. The number of nitrogens with zero attached hydrogens (tertiary/aromatic N) is 4. The standard InChI is InChI=1S/C11H15N5O/c1-17-11-8-10(13-9-14-11)12-4-2-6-16-7-3-5-15-16/h3,5,7-9H,2,4,6H2,1H3,(H,12,13,14). The fourth-order valence-electron chi connectivity index (χ4n) is 1.44. The summed E-state index contributed by atoms with van der Waals surface area (Å²) in [6.07, 6.45) is 6.19. The summed E-state index contributed by atoms with van der Waals surface area (Å²) >= 11 is 0. The lowest BCUT2D eigenvalue weighted by atomic mass is 10.4. The van der Waals surface area contributed by atoms with E-state index >= 15 is 0 Å².